The molecule has 0 spiro atoms. The van der Waals surface area contributed by atoms with Crippen molar-refractivity contribution in [1.82, 2.24) is 20.6 Å². The van der Waals surface area contributed by atoms with E-state index >= 15 is 0 Å². The first kappa shape index (κ1) is 24.5. The van der Waals surface area contributed by atoms with Crippen molar-refractivity contribution in [2.45, 2.75) is 19.5 Å². The maximum Gasteiger partial charge on any atom is 0.253 e. The highest BCUT2D eigenvalue weighted by molar-refractivity contribution is 5.94. The molecule has 0 radical (unpaired) electrons. The summed E-state index contributed by atoms with van der Waals surface area (Å²) < 4.78 is 13.9. The Morgan fingerprint density at radius 2 is 1.94 bits per heavy atom. The molecular formula is C28H25FN6O. The zero-order valence-electron chi connectivity index (χ0n) is 19.7. The quantitative estimate of drug-likeness (QED) is 0.346. The molecule has 0 saturated heterocycles. The molecular weight excluding hydrogens is 455 g/mol. The van der Waals surface area contributed by atoms with E-state index in [4.69, 9.17) is 5.73 Å². The van der Waals surface area contributed by atoms with Crippen LogP contribution in [-0.4, -0.2) is 22.4 Å². The van der Waals surface area contributed by atoms with E-state index in [2.05, 4.69) is 20.6 Å². The maximum absolute atomic E-state index is 13.9. The van der Waals surface area contributed by atoms with Crippen LogP contribution in [0.25, 0.3) is 11.1 Å². The Hall–Kier alpha value is -4.61. The molecule has 2 aromatic heterocycles. The number of rotatable bonds is 8. The van der Waals surface area contributed by atoms with Gasteiger partial charge in [-0.05, 0) is 59.5 Å². The van der Waals surface area contributed by atoms with Gasteiger partial charge in [-0.3, -0.25) is 9.78 Å². The van der Waals surface area contributed by atoms with Crippen LogP contribution < -0.4 is 16.4 Å². The third-order valence-electron chi connectivity index (χ3n) is 5.82. The molecule has 7 nitrogen and oxygen atoms in total. The molecule has 36 heavy (non-hydrogen) atoms. The first-order chi connectivity index (χ1) is 17.4. The fourth-order valence-corrected chi connectivity index (χ4v) is 3.88. The number of nitrogens with two attached hydrogens (primary N) is 1. The lowest BCUT2D eigenvalue weighted by molar-refractivity contribution is 0.0935. The lowest BCUT2D eigenvalue weighted by Crippen LogP contribution is -2.35. The number of aryl methyl sites for hydroxylation is 1. The van der Waals surface area contributed by atoms with E-state index in [-0.39, 0.29) is 11.5 Å². The second-order valence-corrected chi connectivity index (χ2v) is 8.37. The van der Waals surface area contributed by atoms with Crippen LogP contribution >= 0.6 is 0 Å². The zero-order chi connectivity index (χ0) is 25.5. The van der Waals surface area contributed by atoms with Gasteiger partial charge >= 0.3 is 0 Å². The van der Waals surface area contributed by atoms with E-state index in [0.29, 0.717) is 30.0 Å². The first-order valence-corrected chi connectivity index (χ1v) is 11.4. The molecule has 180 valence electrons. The van der Waals surface area contributed by atoms with Crippen LogP contribution in [0.4, 0.5) is 10.2 Å². The van der Waals surface area contributed by atoms with Gasteiger partial charge in [-0.15, -0.1) is 0 Å². The minimum Gasteiger partial charge on any atom is -0.384 e. The average Bonchev–Trinajstić information content (AvgIpc) is 2.89. The van der Waals surface area contributed by atoms with Crippen LogP contribution in [0.1, 0.15) is 38.7 Å². The molecule has 0 fully saturated rings. The van der Waals surface area contributed by atoms with Gasteiger partial charge in [-0.1, -0.05) is 30.3 Å². The molecule has 1 atom stereocenters. The monoisotopic (exact) mass is 480 g/mol. The van der Waals surface area contributed by atoms with Crippen molar-refractivity contribution < 1.29 is 9.18 Å². The fourth-order valence-electron chi connectivity index (χ4n) is 3.88. The average molecular weight is 481 g/mol. The van der Waals surface area contributed by atoms with Crippen molar-refractivity contribution in [2.75, 3.05) is 12.3 Å². The summed E-state index contributed by atoms with van der Waals surface area (Å²) in [5.74, 6) is -0.418. The van der Waals surface area contributed by atoms with Gasteiger partial charge < -0.3 is 16.4 Å². The van der Waals surface area contributed by atoms with Gasteiger partial charge in [-0.2, -0.15) is 5.26 Å². The van der Waals surface area contributed by atoms with Crippen LogP contribution in [0, 0.1) is 24.1 Å². The summed E-state index contributed by atoms with van der Waals surface area (Å²) in [7, 11) is 0. The molecule has 0 bridgehead atoms. The molecule has 0 aliphatic rings. The summed E-state index contributed by atoms with van der Waals surface area (Å²) in [6.45, 7) is 2.91. The number of halogens is 1. The van der Waals surface area contributed by atoms with Crippen molar-refractivity contribution >= 4 is 11.7 Å². The Kier molecular flexibility index (Phi) is 7.63. The minimum absolute atomic E-state index is 0.0730. The SMILES string of the molecule is Cc1cc(N)ncc1-c1ccc(CNC[C@@H](NC(=O)c2cccnc2)c2ccc(F)c(C#N)c2)cc1. The maximum atomic E-state index is 13.9. The van der Waals surface area contributed by atoms with E-state index < -0.39 is 11.9 Å². The summed E-state index contributed by atoms with van der Waals surface area (Å²) in [5, 5.41) is 15.5. The number of nitrogens with one attached hydrogen (secondary N) is 2. The Bertz CT molecular complexity index is 1400. The van der Waals surface area contributed by atoms with Gasteiger partial charge in [0.2, 0.25) is 0 Å². The van der Waals surface area contributed by atoms with E-state index in [1.54, 1.807) is 30.6 Å². The highest BCUT2D eigenvalue weighted by Gasteiger charge is 2.17. The van der Waals surface area contributed by atoms with Crippen molar-refractivity contribution in [3.05, 3.63) is 113 Å². The van der Waals surface area contributed by atoms with Gasteiger partial charge in [0, 0.05) is 37.2 Å². The lowest BCUT2D eigenvalue weighted by Gasteiger charge is -2.20. The molecule has 2 heterocycles. The summed E-state index contributed by atoms with van der Waals surface area (Å²) in [6.07, 6.45) is 4.84. The number of aromatic nitrogens is 2. The number of nitrogen functional groups attached to an aromatic ring is 1. The minimum atomic E-state index is -0.599. The molecule has 0 unspecified atom stereocenters. The predicted octanol–water partition coefficient (Wildman–Crippen LogP) is 4.31. The lowest BCUT2D eigenvalue weighted by atomic mass is 10.0. The van der Waals surface area contributed by atoms with E-state index in [1.165, 1.54) is 18.3 Å². The molecule has 1 amide bonds. The fraction of sp³-hybridized carbons (Fsp3) is 0.143. The van der Waals surface area contributed by atoms with Crippen LogP contribution in [0.15, 0.2) is 79.3 Å². The van der Waals surface area contributed by atoms with Gasteiger partial charge in [-0.25, -0.2) is 9.37 Å². The number of hydrogen-bond donors (Lipinski definition) is 3. The van der Waals surface area contributed by atoms with E-state index in [0.717, 1.165) is 22.3 Å². The number of anilines is 1. The smallest absolute Gasteiger partial charge is 0.253 e. The topological polar surface area (TPSA) is 117 Å². The van der Waals surface area contributed by atoms with Crippen LogP contribution in [0.5, 0.6) is 0 Å². The summed E-state index contributed by atoms with van der Waals surface area (Å²) in [5.41, 5.74) is 10.9. The Balaban J connectivity index is 1.46. The zero-order valence-corrected chi connectivity index (χ0v) is 19.7. The Morgan fingerprint density at radius 3 is 2.64 bits per heavy atom. The molecule has 4 rings (SSSR count). The first-order valence-electron chi connectivity index (χ1n) is 11.4. The van der Waals surface area contributed by atoms with Crippen molar-refractivity contribution in [1.29, 1.82) is 5.26 Å². The van der Waals surface area contributed by atoms with Crippen molar-refractivity contribution in [3.63, 3.8) is 0 Å². The second kappa shape index (κ2) is 11.2. The second-order valence-electron chi connectivity index (χ2n) is 8.37. The summed E-state index contributed by atoms with van der Waals surface area (Å²) >= 11 is 0. The van der Waals surface area contributed by atoms with Gasteiger partial charge in [0.05, 0.1) is 17.2 Å². The largest absolute Gasteiger partial charge is 0.384 e. The van der Waals surface area contributed by atoms with Crippen LogP contribution in [0.2, 0.25) is 0 Å². The number of pyridine rings is 2. The molecule has 0 aliphatic carbocycles. The molecule has 0 aliphatic heterocycles. The third-order valence-corrected chi connectivity index (χ3v) is 5.82. The number of nitrogens with zero attached hydrogens (tertiary/aromatic N) is 3. The highest BCUT2D eigenvalue weighted by Crippen LogP contribution is 2.24. The van der Waals surface area contributed by atoms with Crippen molar-refractivity contribution in [3.8, 4) is 17.2 Å². The van der Waals surface area contributed by atoms with E-state index in [9.17, 15) is 14.4 Å². The molecule has 2 aromatic carbocycles. The van der Waals surface area contributed by atoms with E-state index in [1.807, 2.05) is 43.3 Å². The summed E-state index contributed by atoms with van der Waals surface area (Å²) in [4.78, 5) is 20.9. The molecule has 0 saturated carbocycles. The number of hydrogen-bond acceptors (Lipinski definition) is 6. The third kappa shape index (κ3) is 5.90. The predicted molar refractivity (Wildman–Crippen MR) is 136 cm³/mol. The van der Waals surface area contributed by atoms with Crippen LogP contribution in [0.3, 0.4) is 0 Å². The molecule has 4 aromatic rings. The standard InChI is InChI=1S/C28H25FN6O/c1-18-11-27(31)34-16-24(18)20-6-4-19(5-7-20)14-33-17-26(21-8-9-25(29)23(12-21)13-30)35-28(36)22-3-2-10-32-15-22/h2-12,15-16,26,33H,14,17H2,1H3,(H2,31,34)(H,35,36)/t26-/m1/s1. The van der Waals surface area contributed by atoms with Gasteiger partial charge in [0.1, 0.15) is 17.7 Å². The van der Waals surface area contributed by atoms with Crippen LogP contribution in [-0.2, 0) is 6.54 Å². The van der Waals surface area contributed by atoms with Crippen molar-refractivity contribution in [2.24, 2.45) is 0 Å². The number of amides is 1. The van der Waals surface area contributed by atoms with Gasteiger partial charge in [0.15, 0.2) is 0 Å². The number of benzene rings is 2. The highest BCUT2D eigenvalue weighted by atomic mass is 19.1. The number of carbonyl (C=O) groups is 1. The normalized spacial score (nSPS) is 11.5. The number of carbonyl (C=O) groups excluding carboxylic acids is 1. The Morgan fingerprint density at radius 1 is 1.14 bits per heavy atom. The molecule has 4 N–H and O–H groups in total. The summed E-state index contributed by atoms with van der Waals surface area (Å²) in [6, 6.07) is 18.9. The Labute approximate surface area is 208 Å². The number of nitriles is 1. The van der Waals surface area contributed by atoms with Gasteiger partial charge in [0.25, 0.3) is 5.91 Å². The molecule has 8 heteroatoms.